The first-order valence-electron chi connectivity index (χ1n) is 16.1. The number of ether oxygens (including phenoxy) is 1. The predicted molar refractivity (Wildman–Crippen MR) is 172 cm³/mol. The van der Waals surface area contributed by atoms with E-state index < -0.39 is 15.7 Å². The number of hydrogen-bond donors (Lipinski definition) is 1. The molecule has 1 saturated carbocycles. The second kappa shape index (κ2) is 14.6. The molecule has 46 heavy (non-hydrogen) atoms. The third kappa shape index (κ3) is 7.48. The monoisotopic (exact) mass is 647 g/mol. The van der Waals surface area contributed by atoms with Crippen molar-refractivity contribution >= 4 is 15.7 Å². The van der Waals surface area contributed by atoms with Gasteiger partial charge in [-0.05, 0) is 96.0 Å². The number of benzene rings is 2. The molecular formula is C33H41N7O5S. The van der Waals surface area contributed by atoms with Crippen molar-refractivity contribution in [3.63, 3.8) is 0 Å². The van der Waals surface area contributed by atoms with Crippen molar-refractivity contribution in [1.29, 1.82) is 0 Å². The zero-order valence-corrected chi connectivity index (χ0v) is 26.7. The maximum atomic E-state index is 14.0. The molecule has 244 valence electrons. The van der Waals surface area contributed by atoms with E-state index in [0.717, 1.165) is 33.2 Å². The zero-order chi connectivity index (χ0) is 31.9. The lowest BCUT2D eigenvalue weighted by Gasteiger charge is -2.30. The van der Waals surface area contributed by atoms with Gasteiger partial charge in [0.1, 0.15) is 11.9 Å². The molecule has 1 N–H and O–H groups in total. The van der Waals surface area contributed by atoms with Crippen molar-refractivity contribution in [2.75, 3.05) is 17.5 Å². The summed E-state index contributed by atoms with van der Waals surface area (Å²) in [6, 6.07) is 16.9. The fraction of sp³-hybridized carbons (Fsp3) is 0.455. The molecule has 4 aromatic rings. The number of rotatable bonds is 13. The minimum absolute atomic E-state index is 0.0251. The highest BCUT2D eigenvalue weighted by molar-refractivity contribution is 7.92. The number of fused-ring (bicyclic) bond motifs is 1. The van der Waals surface area contributed by atoms with E-state index in [0.29, 0.717) is 50.6 Å². The number of pyridine rings is 1. The van der Waals surface area contributed by atoms with Crippen LogP contribution < -0.4 is 14.8 Å². The third-order valence-corrected chi connectivity index (χ3v) is 10.6. The number of hydroxylamine groups is 2. The number of aromatic nitrogens is 5. The summed E-state index contributed by atoms with van der Waals surface area (Å²) in [4.78, 5) is 18.5. The summed E-state index contributed by atoms with van der Waals surface area (Å²) < 4.78 is 36.5. The highest BCUT2D eigenvalue weighted by Crippen LogP contribution is 2.33. The first-order chi connectivity index (χ1) is 22.4. The van der Waals surface area contributed by atoms with Gasteiger partial charge in [-0.2, -0.15) is 18.2 Å². The van der Waals surface area contributed by atoms with Gasteiger partial charge in [0.25, 0.3) is 10.0 Å². The minimum atomic E-state index is -4.24. The predicted octanol–water partition coefficient (Wildman–Crippen LogP) is 4.48. The number of anilines is 1. The van der Waals surface area contributed by atoms with E-state index in [-0.39, 0.29) is 16.7 Å². The van der Waals surface area contributed by atoms with Crippen LogP contribution >= 0.6 is 0 Å². The average molecular weight is 648 g/mol. The molecule has 2 aromatic heterocycles. The molecule has 6 rings (SSSR count). The molecular weight excluding hydrogens is 606 g/mol. The van der Waals surface area contributed by atoms with E-state index in [1.54, 1.807) is 48.8 Å². The molecule has 2 aromatic carbocycles. The van der Waals surface area contributed by atoms with Crippen LogP contribution in [0.4, 0.5) is 5.69 Å². The van der Waals surface area contributed by atoms with Crippen molar-refractivity contribution < 1.29 is 18.4 Å². The Hall–Kier alpha value is -4.07. The van der Waals surface area contributed by atoms with Crippen LogP contribution in [0.15, 0.2) is 82.7 Å². The van der Waals surface area contributed by atoms with E-state index in [2.05, 4.69) is 15.4 Å². The Morgan fingerprint density at radius 2 is 1.80 bits per heavy atom. The van der Waals surface area contributed by atoms with Gasteiger partial charge in [0, 0.05) is 25.5 Å². The van der Waals surface area contributed by atoms with Gasteiger partial charge in [0.15, 0.2) is 0 Å². The van der Waals surface area contributed by atoms with Gasteiger partial charge < -0.3 is 9.94 Å². The maximum absolute atomic E-state index is 14.0. The van der Waals surface area contributed by atoms with Crippen molar-refractivity contribution in [2.24, 2.45) is 5.92 Å². The summed E-state index contributed by atoms with van der Waals surface area (Å²) >= 11 is 0. The highest BCUT2D eigenvalue weighted by atomic mass is 32.2. The van der Waals surface area contributed by atoms with Crippen molar-refractivity contribution in [2.45, 2.75) is 81.8 Å². The Bertz CT molecular complexity index is 1740. The molecule has 12 nitrogen and oxygen atoms in total. The maximum Gasteiger partial charge on any atom is 0.384 e. The van der Waals surface area contributed by atoms with E-state index in [9.17, 15) is 18.4 Å². The standard InChI is InChI=1S/C33H41N7O5S/c41-33-38(21-8-12-26-9-3-1-4-10-26)35-36-39(33)40(46(43,44)31-13-5-2-6-14-31)29-16-18-32-28(23-29)15-17-30(45-32)25-37(42)22-19-27-11-7-20-34-24-27/h2,5-7,11,13-14,16,18,20,23-24,26,30,42H,1,3-4,8-10,12,15,17,19,21-22,25H2/t30-/m1/s1. The van der Waals surface area contributed by atoms with Crippen molar-refractivity contribution in [3.8, 4) is 5.75 Å². The lowest BCUT2D eigenvalue weighted by molar-refractivity contribution is -0.110. The second-order valence-electron chi connectivity index (χ2n) is 12.2. The lowest BCUT2D eigenvalue weighted by Crippen LogP contribution is -2.44. The van der Waals surface area contributed by atoms with Gasteiger partial charge in [-0.15, -0.1) is 4.41 Å². The van der Waals surface area contributed by atoms with Crippen LogP contribution in [0.25, 0.3) is 0 Å². The van der Waals surface area contributed by atoms with Crippen LogP contribution in [0.3, 0.4) is 0 Å². The number of sulfonamides is 1. The van der Waals surface area contributed by atoms with Crippen LogP contribution in [0.1, 0.15) is 62.5 Å². The molecule has 1 aliphatic heterocycles. The molecule has 1 atom stereocenters. The topological polar surface area (TPSA) is 136 Å². The minimum Gasteiger partial charge on any atom is -0.489 e. The van der Waals surface area contributed by atoms with Gasteiger partial charge in [0.2, 0.25) is 0 Å². The van der Waals surface area contributed by atoms with Crippen LogP contribution in [0.5, 0.6) is 5.75 Å². The number of tetrazole rings is 1. The number of nitrogens with zero attached hydrogens (tertiary/aromatic N) is 7. The molecule has 0 unspecified atom stereocenters. The summed E-state index contributed by atoms with van der Waals surface area (Å²) in [5.74, 6) is 1.27. The highest BCUT2D eigenvalue weighted by Gasteiger charge is 2.32. The van der Waals surface area contributed by atoms with Crippen LogP contribution in [0.2, 0.25) is 0 Å². The lowest BCUT2D eigenvalue weighted by atomic mass is 9.86. The summed E-state index contributed by atoms with van der Waals surface area (Å²) in [5, 5.41) is 19.9. The Morgan fingerprint density at radius 1 is 0.978 bits per heavy atom. The molecule has 1 aliphatic carbocycles. The van der Waals surface area contributed by atoms with Crippen LogP contribution in [0, 0.1) is 5.92 Å². The zero-order valence-electron chi connectivity index (χ0n) is 25.9. The summed E-state index contributed by atoms with van der Waals surface area (Å²) in [6.07, 6.45) is 13.2. The number of aryl methyl sites for hydroxylation is 2. The van der Waals surface area contributed by atoms with Gasteiger partial charge in [-0.25, -0.2) is 4.79 Å². The molecule has 0 spiro atoms. The quantitative estimate of drug-likeness (QED) is 0.208. The van der Waals surface area contributed by atoms with Crippen LogP contribution in [-0.4, -0.2) is 62.8 Å². The fourth-order valence-electron chi connectivity index (χ4n) is 6.38. The Balaban J connectivity index is 1.19. The second-order valence-corrected chi connectivity index (χ2v) is 13.9. The SMILES string of the molecule is O=c1n(CCCC2CCCCC2)nnn1N(c1ccc2c(c1)CC[C@H](CN(O)CCc1cccnc1)O2)S(=O)(=O)c1ccccc1. The largest absolute Gasteiger partial charge is 0.489 e. The van der Waals surface area contributed by atoms with Gasteiger partial charge in [0.05, 0.1) is 17.1 Å². The smallest absolute Gasteiger partial charge is 0.384 e. The molecule has 2 aliphatic rings. The normalized spacial score (nSPS) is 17.0. The first kappa shape index (κ1) is 31.9. The molecule has 0 amide bonds. The first-order valence-corrected chi connectivity index (χ1v) is 17.6. The van der Waals surface area contributed by atoms with Gasteiger partial charge in [-0.1, -0.05) is 61.2 Å². The van der Waals surface area contributed by atoms with Crippen molar-refractivity contribution in [3.05, 3.63) is 94.7 Å². The van der Waals surface area contributed by atoms with Gasteiger partial charge in [-0.3, -0.25) is 4.98 Å². The summed E-state index contributed by atoms with van der Waals surface area (Å²) in [6.45, 7) is 1.15. The Morgan fingerprint density at radius 3 is 2.59 bits per heavy atom. The average Bonchev–Trinajstić information content (AvgIpc) is 3.44. The van der Waals surface area contributed by atoms with E-state index in [1.807, 2.05) is 12.1 Å². The molecule has 0 saturated heterocycles. The molecule has 0 bridgehead atoms. The van der Waals surface area contributed by atoms with Gasteiger partial charge >= 0.3 is 5.69 Å². The molecule has 1 fully saturated rings. The van der Waals surface area contributed by atoms with E-state index in [1.165, 1.54) is 54.0 Å². The van der Waals surface area contributed by atoms with Crippen LogP contribution in [-0.2, 0) is 29.4 Å². The molecule has 0 radical (unpaired) electrons. The Labute approximate surface area is 269 Å². The van der Waals surface area contributed by atoms with E-state index in [4.69, 9.17) is 4.74 Å². The van der Waals surface area contributed by atoms with E-state index >= 15 is 0 Å². The summed E-state index contributed by atoms with van der Waals surface area (Å²) in [7, 11) is -4.24. The Kier molecular flexibility index (Phi) is 10.1. The summed E-state index contributed by atoms with van der Waals surface area (Å²) in [5.41, 5.74) is 1.47. The van der Waals surface area contributed by atoms with Crippen molar-refractivity contribution in [1.82, 2.24) is 29.9 Å². The number of hydrogen-bond acceptors (Lipinski definition) is 9. The fourth-order valence-corrected chi connectivity index (χ4v) is 7.78. The molecule has 13 heteroatoms. The third-order valence-electron chi connectivity index (χ3n) is 8.86. The molecule has 3 heterocycles.